The van der Waals surface area contributed by atoms with Gasteiger partial charge in [-0.1, -0.05) is 43.4 Å². The van der Waals surface area contributed by atoms with Crippen molar-refractivity contribution >= 4 is 27.8 Å². The molecule has 1 aliphatic heterocycles. The Hall–Kier alpha value is -2.57. The molecular weight excluding hydrogens is 532 g/mol. The number of halogens is 1. The van der Waals surface area contributed by atoms with Gasteiger partial charge in [0.15, 0.2) is 5.78 Å². The molecule has 37 heavy (non-hydrogen) atoms. The molecule has 0 spiro atoms. The average molecular weight is 572 g/mol. The number of aryl methyl sites for hydroxylation is 1. The minimum atomic E-state index is -0.574. The molecule has 5 nitrogen and oxygen atoms in total. The number of ether oxygens (including phenoxy) is 4. The van der Waals surface area contributed by atoms with Gasteiger partial charge in [0.2, 0.25) is 0 Å². The van der Waals surface area contributed by atoms with E-state index in [1.807, 2.05) is 43.3 Å². The number of ketones is 1. The molecule has 0 aromatic heterocycles. The highest BCUT2D eigenvalue weighted by Crippen LogP contribution is 2.36. The quantitative estimate of drug-likeness (QED) is 0.243. The van der Waals surface area contributed by atoms with Crippen molar-refractivity contribution in [1.29, 1.82) is 0 Å². The Labute approximate surface area is 230 Å². The summed E-state index contributed by atoms with van der Waals surface area (Å²) in [4.78, 5) is 13.2. The molecule has 0 amide bonds. The largest absolute Gasteiger partial charge is 0.495 e. The Morgan fingerprint density at radius 2 is 1.89 bits per heavy atom. The molecule has 0 aliphatic carbocycles. The van der Waals surface area contributed by atoms with Gasteiger partial charge < -0.3 is 18.9 Å². The summed E-state index contributed by atoms with van der Waals surface area (Å²) in [5.41, 5.74) is 3.98. The predicted molar refractivity (Wildman–Crippen MR) is 153 cm³/mol. The molecule has 2 unspecified atom stereocenters. The normalized spacial score (nSPS) is 16.3. The van der Waals surface area contributed by atoms with Gasteiger partial charge in [-0.25, -0.2) is 0 Å². The number of fused-ring (bicyclic) bond motifs is 1. The van der Waals surface area contributed by atoms with Crippen LogP contribution in [0.25, 0.3) is 6.08 Å². The van der Waals surface area contributed by atoms with Gasteiger partial charge in [0.05, 0.1) is 20.8 Å². The maximum Gasteiger partial charge on any atom is 0.166 e. The molecular formula is C31H39BrO5. The summed E-state index contributed by atoms with van der Waals surface area (Å²) in [6.45, 7) is 9.53. The summed E-state index contributed by atoms with van der Waals surface area (Å²) < 4.78 is 23.6. The van der Waals surface area contributed by atoms with Crippen LogP contribution < -0.4 is 14.2 Å². The lowest BCUT2D eigenvalue weighted by molar-refractivity contribution is -0.130. The molecule has 0 bridgehead atoms. The Morgan fingerprint density at radius 1 is 1.16 bits per heavy atom. The molecule has 0 N–H and O–H groups in total. The first-order valence-corrected chi connectivity index (χ1v) is 13.8. The maximum atomic E-state index is 13.2. The van der Waals surface area contributed by atoms with Crippen LogP contribution in [-0.4, -0.2) is 33.2 Å². The van der Waals surface area contributed by atoms with E-state index in [2.05, 4.69) is 35.5 Å². The molecule has 0 radical (unpaired) electrons. The van der Waals surface area contributed by atoms with E-state index in [0.29, 0.717) is 43.5 Å². The molecule has 2 aromatic rings. The van der Waals surface area contributed by atoms with Crippen LogP contribution in [-0.2, 0) is 16.0 Å². The number of hydrogen-bond donors (Lipinski definition) is 0. The third-order valence-electron chi connectivity index (χ3n) is 6.69. The molecule has 0 saturated carbocycles. The molecule has 2 atom stereocenters. The van der Waals surface area contributed by atoms with E-state index in [0.717, 1.165) is 52.6 Å². The van der Waals surface area contributed by atoms with Crippen LogP contribution in [0.1, 0.15) is 68.7 Å². The first-order valence-electron chi connectivity index (χ1n) is 13.0. The highest BCUT2D eigenvalue weighted by molar-refractivity contribution is 9.10. The molecule has 1 heterocycles. The van der Waals surface area contributed by atoms with Crippen LogP contribution >= 0.6 is 15.9 Å². The lowest BCUT2D eigenvalue weighted by Gasteiger charge is -2.22. The number of benzene rings is 2. The van der Waals surface area contributed by atoms with Crippen LogP contribution in [0.2, 0.25) is 0 Å². The Kier molecular flexibility index (Phi) is 11.3. The standard InChI is InChI=1S/C31H39BrO5/c1-6-36-31(25-15-14-24-13-11-22(3)16-17-37-27(24)20-25)26(33)9-7-8-21(2)10-12-23-18-28(34-4)30(32)29(19-23)35-5/h10,12,14-15,18-20,22,31H,2,6-9,11,13,16-17H2,1,3-5H3/b12-10+. The second-order valence-corrected chi connectivity index (χ2v) is 10.3. The second-order valence-electron chi connectivity index (χ2n) is 9.53. The van der Waals surface area contributed by atoms with Crippen LogP contribution in [0.4, 0.5) is 0 Å². The lowest BCUT2D eigenvalue weighted by Crippen LogP contribution is -2.17. The topological polar surface area (TPSA) is 54.0 Å². The van der Waals surface area contributed by atoms with Gasteiger partial charge >= 0.3 is 0 Å². The van der Waals surface area contributed by atoms with Crippen LogP contribution in [0, 0.1) is 5.92 Å². The Morgan fingerprint density at radius 3 is 2.57 bits per heavy atom. The molecule has 3 rings (SSSR count). The monoisotopic (exact) mass is 570 g/mol. The highest BCUT2D eigenvalue weighted by atomic mass is 79.9. The number of rotatable bonds is 12. The smallest absolute Gasteiger partial charge is 0.166 e. The average Bonchev–Trinajstić information content (AvgIpc) is 2.89. The number of Topliss-reactive ketones (excluding diaryl/α,β-unsaturated/α-hetero) is 1. The van der Waals surface area contributed by atoms with Crippen molar-refractivity contribution < 1.29 is 23.7 Å². The summed E-state index contributed by atoms with van der Waals surface area (Å²) in [5, 5.41) is 0. The van der Waals surface area contributed by atoms with Crippen molar-refractivity contribution in [1.82, 2.24) is 0 Å². The minimum Gasteiger partial charge on any atom is -0.495 e. The highest BCUT2D eigenvalue weighted by Gasteiger charge is 2.23. The molecule has 2 aromatic carbocycles. The van der Waals surface area contributed by atoms with E-state index < -0.39 is 6.10 Å². The lowest BCUT2D eigenvalue weighted by atomic mass is 9.94. The van der Waals surface area contributed by atoms with Gasteiger partial charge in [0, 0.05) is 13.0 Å². The fourth-order valence-electron chi connectivity index (χ4n) is 4.44. The van der Waals surface area contributed by atoms with Gasteiger partial charge in [0.1, 0.15) is 27.8 Å². The van der Waals surface area contributed by atoms with Crippen molar-refractivity contribution in [2.24, 2.45) is 5.92 Å². The SMILES string of the molecule is C=C(/C=C/c1cc(OC)c(Br)c(OC)c1)CCCC(=O)C(OCC)c1ccc2c(c1)OCCC(C)CC2. The zero-order chi connectivity index (χ0) is 26.8. The number of hydrogen-bond acceptors (Lipinski definition) is 5. The number of methoxy groups -OCH3 is 2. The predicted octanol–water partition coefficient (Wildman–Crippen LogP) is 7.90. The second kappa shape index (κ2) is 14.4. The first kappa shape index (κ1) is 29.0. The number of allylic oxidation sites excluding steroid dienone is 2. The number of carbonyl (C=O) groups is 1. The van der Waals surface area contributed by atoms with E-state index in [9.17, 15) is 4.79 Å². The first-order chi connectivity index (χ1) is 17.9. The van der Waals surface area contributed by atoms with Crippen molar-refractivity contribution in [3.63, 3.8) is 0 Å². The fourth-order valence-corrected chi connectivity index (χ4v) is 4.99. The van der Waals surface area contributed by atoms with Crippen LogP contribution in [0.15, 0.2) is 53.0 Å². The summed E-state index contributed by atoms with van der Waals surface area (Å²) in [7, 11) is 3.25. The third kappa shape index (κ3) is 8.21. The molecule has 0 fully saturated rings. The summed E-state index contributed by atoms with van der Waals surface area (Å²) >= 11 is 3.49. The van der Waals surface area contributed by atoms with E-state index in [-0.39, 0.29) is 5.78 Å². The molecule has 0 saturated heterocycles. The van der Waals surface area contributed by atoms with E-state index in [1.54, 1.807) is 14.2 Å². The maximum absolute atomic E-state index is 13.2. The van der Waals surface area contributed by atoms with Crippen LogP contribution in [0.3, 0.4) is 0 Å². The van der Waals surface area contributed by atoms with E-state index in [4.69, 9.17) is 18.9 Å². The van der Waals surface area contributed by atoms with Gasteiger partial charge in [-0.05, 0) is 95.8 Å². The minimum absolute atomic E-state index is 0.0837. The van der Waals surface area contributed by atoms with Gasteiger partial charge in [-0.15, -0.1) is 0 Å². The summed E-state index contributed by atoms with van der Waals surface area (Å²) in [6, 6.07) is 9.99. The van der Waals surface area contributed by atoms with Crippen molar-refractivity contribution in [3.05, 3.63) is 69.7 Å². The number of carbonyl (C=O) groups excluding carboxylic acids is 1. The Balaban J connectivity index is 1.59. The molecule has 200 valence electrons. The fraction of sp³-hybridized carbons (Fsp3) is 0.452. The van der Waals surface area contributed by atoms with Gasteiger partial charge in [0.25, 0.3) is 0 Å². The van der Waals surface area contributed by atoms with E-state index in [1.165, 1.54) is 5.56 Å². The van der Waals surface area contributed by atoms with Gasteiger partial charge in [-0.2, -0.15) is 0 Å². The van der Waals surface area contributed by atoms with Crippen molar-refractivity contribution in [2.45, 2.75) is 58.5 Å². The third-order valence-corrected chi connectivity index (χ3v) is 7.48. The zero-order valence-electron chi connectivity index (χ0n) is 22.5. The van der Waals surface area contributed by atoms with Crippen LogP contribution in [0.5, 0.6) is 17.2 Å². The van der Waals surface area contributed by atoms with Crippen molar-refractivity contribution in [2.75, 3.05) is 27.4 Å². The van der Waals surface area contributed by atoms with E-state index >= 15 is 0 Å². The summed E-state index contributed by atoms with van der Waals surface area (Å²) in [5.74, 6) is 3.04. The van der Waals surface area contributed by atoms with Gasteiger partial charge in [-0.3, -0.25) is 4.79 Å². The Bertz CT molecular complexity index is 1080. The molecule has 6 heteroatoms. The summed E-state index contributed by atoms with van der Waals surface area (Å²) in [6.07, 6.45) is 8.43. The zero-order valence-corrected chi connectivity index (χ0v) is 24.1. The molecule has 1 aliphatic rings. The van der Waals surface area contributed by atoms with Crippen molar-refractivity contribution in [3.8, 4) is 17.2 Å².